The van der Waals surface area contributed by atoms with Crippen molar-refractivity contribution in [3.63, 3.8) is 0 Å². The Balaban J connectivity index is 0.000000821. The molecule has 2 aromatic heterocycles. The molecule has 1 saturated carbocycles. The van der Waals surface area contributed by atoms with Gasteiger partial charge in [0.05, 0.1) is 0 Å². The minimum atomic E-state index is -0.250. The smallest absolute Gasteiger partial charge is 0.290 e. The molecule has 1 aromatic carbocycles. The Morgan fingerprint density at radius 1 is 1.27 bits per heavy atom. The molecule has 1 aliphatic heterocycles. The fourth-order valence-electron chi connectivity index (χ4n) is 4.80. The highest BCUT2D eigenvalue weighted by molar-refractivity contribution is 9.10. The second kappa shape index (κ2) is 10.4. The predicted molar refractivity (Wildman–Crippen MR) is 133 cm³/mol. The maximum absolute atomic E-state index is 8.36. The van der Waals surface area contributed by atoms with Crippen molar-refractivity contribution in [2.75, 3.05) is 25.4 Å². The summed E-state index contributed by atoms with van der Waals surface area (Å²) in [6, 6.07) is 13.0. The molecule has 0 amide bonds. The summed E-state index contributed by atoms with van der Waals surface area (Å²) in [4.78, 5) is 15.5. The van der Waals surface area contributed by atoms with Gasteiger partial charge in [-0.2, -0.15) is 0 Å². The van der Waals surface area contributed by atoms with Crippen molar-refractivity contribution in [2.24, 2.45) is 13.0 Å². The molecule has 9 heteroatoms. The van der Waals surface area contributed by atoms with Crippen molar-refractivity contribution >= 4 is 34.2 Å². The lowest BCUT2D eigenvalue weighted by Gasteiger charge is -2.21. The lowest BCUT2D eigenvalue weighted by atomic mass is 9.95. The first kappa shape index (κ1) is 23.9. The van der Waals surface area contributed by atoms with E-state index in [-0.39, 0.29) is 6.47 Å². The average Bonchev–Trinajstić information content (AvgIpc) is 3.18. The molecule has 7 nitrogen and oxygen atoms in total. The van der Waals surface area contributed by atoms with Gasteiger partial charge < -0.3 is 14.6 Å². The van der Waals surface area contributed by atoms with Crippen LogP contribution in [-0.4, -0.2) is 61.6 Å². The van der Waals surface area contributed by atoms with E-state index < -0.39 is 0 Å². The first-order valence-corrected chi connectivity index (χ1v) is 12.8. The number of halogens is 1. The fourth-order valence-corrected chi connectivity index (χ4v) is 5.90. The third kappa shape index (κ3) is 5.15. The van der Waals surface area contributed by atoms with Gasteiger partial charge in [-0.3, -0.25) is 9.78 Å². The van der Waals surface area contributed by atoms with Gasteiger partial charge in [0.25, 0.3) is 6.47 Å². The third-order valence-electron chi connectivity index (χ3n) is 6.54. The topological polar surface area (TPSA) is 84.1 Å². The summed E-state index contributed by atoms with van der Waals surface area (Å²) in [6.07, 6.45) is 4.33. The van der Waals surface area contributed by atoms with E-state index in [1.54, 1.807) is 11.8 Å². The number of carbonyl (C=O) groups is 1. The number of likely N-dealkylation sites (tertiary alicyclic amines) is 1. The van der Waals surface area contributed by atoms with Crippen LogP contribution in [0.2, 0.25) is 0 Å². The highest BCUT2D eigenvalue weighted by Crippen LogP contribution is 2.59. The summed E-state index contributed by atoms with van der Waals surface area (Å²) >= 11 is 5.34. The zero-order chi connectivity index (χ0) is 23.4. The van der Waals surface area contributed by atoms with Gasteiger partial charge in [0.2, 0.25) is 0 Å². The van der Waals surface area contributed by atoms with E-state index in [9.17, 15) is 0 Å². The van der Waals surface area contributed by atoms with Crippen LogP contribution in [0.1, 0.15) is 24.0 Å². The summed E-state index contributed by atoms with van der Waals surface area (Å²) in [6.45, 7) is 5.42. The van der Waals surface area contributed by atoms with E-state index in [0.29, 0.717) is 5.41 Å². The highest BCUT2D eigenvalue weighted by Gasteiger charge is 2.60. The van der Waals surface area contributed by atoms with Crippen molar-refractivity contribution in [1.29, 1.82) is 0 Å². The number of benzene rings is 1. The molecule has 2 atom stereocenters. The van der Waals surface area contributed by atoms with Crippen LogP contribution < -0.4 is 0 Å². The Morgan fingerprint density at radius 2 is 2.03 bits per heavy atom. The standard InChI is InChI=1S/C23H26BrN5S.CH2O2/c1-16-5-3-10-25-20(16)21-26-27-22(28(21)2)30-12-4-11-29-14-18-13-23(18,15-29)17-6-8-19(24)9-7-17;2-1-3/h3,5-10,18H,4,11-15H2,1-2H3;1H,(H,2,3)/t18-,23?;/m0./s1. The van der Waals surface area contributed by atoms with Crippen LogP contribution in [-0.2, 0) is 17.3 Å². The fraction of sp³-hybridized carbons (Fsp3) is 0.417. The number of carboxylic acid groups (broad SMARTS) is 1. The van der Waals surface area contributed by atoms with Gasteiger partial charge in [-0.1, -0.05) is 45.9 Å². The average molecular weight is 530 g/mol. The number of fused-ring (bicyclic) bond motifs is 1. The normalized spacial score (nSPS) is 21.2. The van der Waals surface area contributed by atoms with Crippen molar-refractivity contribution in [2.45, 2.75) is 30.3 Å². The van der Waals surface area contributed by atoms with Crippen LogP contribution in [0, 0.1) is 12.8 Å². The maximum Gasteiger partial charge on any atom is 0.290 e. The van der Waals surface area contributed by atoms with Crippen molar-refractivity contribution < 1.29 is 9.90 Å². The van der Waals surface area contributed by atoms with Gasteiger partial charge in [-0.15, -0.1) is 10.2 Å². The van der Waals surface area contributed by atoms with Crippen molar-refractivity contribution in [3.05, 3.63) is 58.2 Å². The molecule has 2 aliphatic rings. The minimum Gasteiger partial charge on any atom is -0.483 e. The van der Waals surface area contributed by atoms with Crippen LogP contribution >= 0.6 is 27.7 Å². The molecule has 3 aromatic rings. The lowest BCUT2D eigenvalue weighted by molar-refractivity contribution is -0.122. The summed E-state index contributed by atoms with van der Waals surface area (Å²) in [7, 11) is 2.03. The number of aromatic nitrogens is 4. The van der Waals surface area contributed by atoms with Gasteiger partial charge in [-0.25, -0.2) is 0 Å². The quantitative estimate of drug-likeness (QED) is 0.275. The largest absolute Gasteiger partial charge is 0.483 e. The monoisotopic (exact) mass is 529 g/mol. The van der Waals surface area contributed by atoms with E-state index in [1.165, 1.54) is 31.5 Å². The Morgan fingerprint density at radius 3 is 2.76 bits per heavy atom. The lowest BCUT2D eigenvalue weighted by Crippen LogP contribution is -2.27. The zero-order valence-corrected chi connectivity index (χ0v) is 21.2. The Hall–Kier alpha value is -2.23. The summed E-state index contributed by atoms with van der Waals surface area (Å²) in [5.74, 6) is 2.74. The van der Waals surface area contributed by atoms with E-state index >= 15 is 0 Å². The van der Waals surface area contributed by atoms with Crippen LogP contribution in [0.15, 0.2) is 52.2 Å². The van der Waals surface area contributed by atoms with E-state index in [2.05, 4.69) is 77.8 Å². The minimum absolute atomic E-state index is 0.250. The van der Waals surface area contributed by atoms with Crippen LogP contribution in [0.4, 0.5) is 0 Å². The number of nitrogens with zero attached hydrogens (tertiary/aromatic N) is 5. The van der Waals surface area contributed by atoms with E-state index in [1.807, 2.05) is 19.3 Å². The van der Waals surface area contributed by atoms with Gasteiger partial charge in [0.1, 0.15) is 5.69 Å². The van der Waals surface area contributed by atoms with Crippen molar-refractivity contribution in [3.8, 4) is 11.5 Å². The Bertz CT molecular complexity index is 1110. The molecule has 174 valence electrons. The Labute approximate surface area is 206 Å². The van der Waals surface area contributed by atoms with Crippen LogP contribution in [0.25, 0.3) is 11.5 Å². The Kier molecular flexibility index (Phi) is 7.51. The molecule has 0 bridgehead atoms. The molecule has 1 unspecified atom stereocenters. The molecule has 1 saturated heterocycles. The number of rotatable bonds is 7. The summed E-state index contributed by atoms with van der Waals surface area (Å²) in [5, 5.41) is 16.6. The molecule has 0 radical (unpaired) electrons. The molecule has 33 heavy (non-hydrogen) atoms. The molecule has 1 aliphatic carbocycles. The molecule has 1 N–H and O–H groups in total. The zero-order valence-electron chi connectivity index (χ0n) is 18.8. The molecular formula is C24H28BrN5O2S. The summed E-state index contributed by atoms with van der Waals surface area (Å²) < 4.78 is 3.23. The third-order valence-corrected chi connectivity index (χ3v) is 8.18. The SMILES string of the molecule is Cc1cccnc1-c1nnc(SCCCN2C[C@@H]3CC3(c3ccc(Br)cc3)C2)n1C.O=CO. The summed E-state index contributed by atoms with van der Waals surface area (Å²) in [5.41, 5.74) is 3.97. The number of hydrogen-bond acceptors (Lipinski definition) is 6. The van der Waals surface area contributed by atoms with Gasteiger partial charge in [-0.05, 0) is 61.6 Å². The second-order valence-electron chi connectivity index (χ2n) is 8.64. The highest BCUT2D eigenvalue weighted by atomic mass is 79.9. The van der Waals surface area contributed by atoms with E-state index in [4.69, 9.17) is 9.90 Å². The maximum atomic E-state index is 8.36. The molecule has 2 fully saturated rings. The van der Waals surface area contributed by atoms with Crippen molar-refractivity contribution in [1.82, 2.24) is 24.6 Å². The molecule has 5 rings (SSSR count). The predicted octanol–water partition coefficient (Wildman–Crippen LogP) is 4.40. The van der Waals surface area contributed by atoms with Gasteiger partial charge in [0.15, 0.2) is 11.0 Å². The van der Waals surface area contributed by atoms with Gasteiger partial charge in [0, 0.05) is 42.0 Å². The number of piperidine rings is 1. The van der Waals surface area contributed by atoms with Crippen LogP contribution in [0.3, 0.4) is 0 Å². The van der Waals surface area contributed by atoms with E-state index in [0.717, 1.165) is 44.9 Å². The molecular weight excluding hydrogens is 502 g/mol. The van der Waals surface area contributed by atoms with Crippen LogP contribution in [0.5, 0.6) is 0 Å². The second-order valence-corrected chi connectivity index (χ2v) is 10.6. The number of hydrogen-bond donors (Lipinski definition) is 1. The number of pyridine rings is 1. The number of aryl methyl sites for hydroxylation is 1. The van der Waals surface area contributed by atoms with Gasteiger partial charge >= 0.3 is 0 Å². The molecule has 0 spiro atoms. The first-order chi connectivity index (χ1) is 16.0. The first-order valence-electron chi connectivity index (χ1n) is 11.0. The molecule has 3 heterocycles. The number of thioether (sulfide) groups is 1.